The highest BCUT2D eigenvalue weighted by Crippen LogP contribution is 2.42. The Kier molecular flexibility index (Phi) is 3.03. The summed E-state index contributed by atoms with van der Waals surface area (Å²) in [7, 11) is 0. The van der Waals surface area contributed by atoms with Crippen molar-refractivity contribution >= 4 is 5.95 Å². The van der Waals surface area contributed by atoms with Crippen LogP contribution >= 0.6 is 0 Å². The Hall–Kier alpha value is -2.55. The number of nitrogens with zero attached hydrogens (tertiary/aromatic N) is 3. The van der Waals surface area contributed by atoms with Crippen molar-refractivity contribution in [3.8, 4) is 6.07 Å². The van der Waals surface area contributed by atoms with E-state index >= 15 is 0 Å². The van der Waals surface area contributed by atoms with Gasteiger partial charge in [-0.2, -0.15) is 5.26 Å². The van der Waals surface area contributed by atoms with Gasteiger partial charge in [0, 0.05) is 18.2 Å². The van der Waals surface area contributed by atoms with Crippen molar-refractivity contribution in [3.05, 3.63) is 53.4 Å². The summed E-state index contributed by atoms with van der Waals surface area (Å²) in [4.78, 5) is 8.03. The van der Waals surface area contributed by atoms with E-state index in [1.165, 1.54) is 18.3 Å². The molecule has 1 heterocycles. The Morgan fingerprint density at radius 1 is 1.25 bits per heavy atom. The monoisotopic (exact) mass is 272 g/mol. The van der Waals surface area contributed by atoms with Crippen molar-refractivity contribution in [2.24, 2.45) is 0 Å². The first kappa shape index (κ1) is 12.5. The molecule has 1 N–H and O–H groups in total. The molecule has 3 rings (SSSR count). The number of benzene rings is 1. The summed E-state index contributed by atoms with van der Waals surface area (Å²) in [6.07, 6.45) is 2.30. The van der Waals surface area contributed by atoms with Gasteiger partial charge in [0.1, 0.15) is 11.8 Å². The average molecular weight is 272 g/mol. The van der Waals surface area contributed by atoms with Gasteiger partial charge in [-0.05, 0) is 30.2 Å². The van der Waals surface area contributed by atoms with E-state index in [4.69, 9.17) is 5.26 Å². The smallest absolute Gasteiger partial charge is 0.224 e. The predicted molar refractivity (Wildman–Crippen MR) is 67.9 cm³/mol. The van der Waals surface area contributed by atoms with Gasteiger partial charge in [0.05, 0.1) is 0 Å². The summed E-state index contributed by atoms with van der Waals surface area (Å²) in [6.45, 7) is 0. The van der Waals surface area contributed by atoms with E-state index < -0.39 is 11.6 Å². The lowest BCUT2D eigenvalue weighted by Gasteiger charge is -2.04. The molecule has 1 aromatic carbocycles. The second-order valence-corrected chi connectivity index (χ2v) is 4.64. The largest absolute Gasteiger partial charge is 0.351 e. The minimum atomic E-state index is -0.844. The molecule has 0 unspecified atom stereocenters. The van der Waals surface area contributed by atoms with Gasteiger partial charge in [0.2, 0.25) is 5.95 Å². The predicted octanol–water partition coefficient (Wildman–Crippen LogP) is 2.59. The van der Waals surface area contributed by atoms with E-state index in [9.17, 15) is 8.78 Å². The Bertz CT molecular complexity index is 696. The molecule has 0 spiro atoms. The molecule has 0 saturated heterocycles. The van der Waals surface area contributed by atoms with Crippen LogP contribution in [0, 0.1) is 23.0 Å². The second-order valence-electron chi connectivity index (χ2n) is 4.64. The first-order chi connectivity index (χ1) is 9.67. The normalized spacial score (nSPS) is 20.2. The van der Waals surface area contributed by atoms with Crippen molar-refractivity contribution in [1.82, 2.24) is 9.97 Å². The number of nitrogens with one attached hydrogen (secondary N) is 1. The van der Waals surface area contributed by atoms with Gasteiger partial charge in [-0.15, -0.1) is 0 Å². The fraction of sp³-hybridized carbons (Fsp3) is 0.214. The third-order valence-corrected chi connectivity index (χ3v) is 3.25. The molecule has 4 nitrogen and oxygen atoms in total. The number of aromatic nitrogens is 2. The van der Waals surface area contributed by atoms with Crippen LogP contribution in [0.1, 0.15) is 23.6 Å². The van der Waals surface area contributed by atoms with Crippen molar-refractivity contribution in [1.29, 1.82) is 5.26 Å². The molecule has 1 aromatic heterocycles. The third-order valence-electron chi connectivity index (χ3n) is 3.25. The van der Waals surface area contributed by atoms with Gasteiger partial charge in [-0.1, -0.05) is 6.07 Å². The minimum Gasteiger partial charge on any atom is -0.351 e. The zero-order valence-corrected chi connectivity index (χ0v) is 10.3. The van der Waals surface area contributed by atoms with Gasteiger partial charge >= 0.3 is 0 Å². The van der Waals surface area contributed by atoms with Gasteiger partial charge in [0.25, 0.3) is 0 Å². The van der Waals surface area contributed by atoms with E-state index in [0.29, 0.717) is 5.95 Å². The molecule has 1 aliphatic rings. The highest BCUT2D eigenvalue weighted by Gasteiger charge is 2.39. The van der Waals surface area contributed by atoms with E-state index in [0.717, 1.165) is 18.1 Å². The molecule has 6 heteroatoms. The van der Waals surface area contributed by atoms with E-state index in [2.05, 4.69) is 15.3 Å². The summed E-state index contributed by atoms with van der Waals surface area (Å²) >= 11 is 0. The van der Waals surface area contributed by atoms with Crippen molar-refractivity contribution in [3.63, 3.8) is 0 Å². The van der Waals surface area contributed by atoms with E-state index in [-0.39, 0.29) is 17.7 Å². The highest BCUT2D eigenvalue weighted by molar-refractivity contribution is 5.38. The Morgan fingerprint density at radius 3 is 2.85 bits per heavy atom. The summed E-state index contributed by atoms with van der Waals surface area (Å²) in [6, 6.07) is 7.46. The minimum absolute atomic E-state index is 0.0776. The van der Waals surface area contributed by atoms with Crippen LogP contribution in [0.5, 0.6) is 0 Å². The Balaban J connectivity index is 1.70. The van der Waals surface area contributed by atoms with Crippen LogP contribution < -0.4 is 5.32 Å². The SMILES string of the molecule is N#Cc1ccnc(N[C@H]2C[C@@H]2c2ccc(F)c(F)c2)n1. The van der Waals surface area contributed by atoms with Crippen LogP contribution in [0.3, 0.4) is 0 Å². The zero-order valence-electron chi connectivity index (χ0n) is 10.3. The molecule has 0 aliphatic heterocycles. The summed E-state index contributed by atoms with van der Waals surface area (Å²) < 4.78 is 26.0. The number of nitriles is 1. The molecule has 20 heavy (non-hydrogen) atoms. The lowest BCUT2D eigenvalue weighted by Crippen LogP contribution is -2.08. The second kappa shape index (κ2) is 4.85. The van der Waals surface area contributed by atoms with Crippen molar-refractivity contribution in [2.75, 3.05) is 5.32 Å². The molecule has 0 amide bonds. The zero-order chi connectivity index (χ0) is 14.1. The first-order valence-electron chi connectivity index (χ1n) is 6.12. The number of rotatable bonds is 3. The lowest BCUT2D eigenvalue weighted by molar-refractivity contribution is 0.507. The number of hydrogen-bond donors (Lipinski definition) is 1. The molecule has 0 radical (unpaired) electrons. The summed E-state index contributed by atoms with van der Waals surface area (Å²) in [5.41, 5.74) is 1.03. The molecular weight excluding hydrogens is 262 g/mol. The maximum absolute atomic E-state index is 13.2. The fourth-order valence-corrected chi connectivity index (χ4v) is 2.12. The summed E-state index contributed by atoms with van der Waals surface area (Å²) in [5, 5.41) is 11.8. The fourth-order valence-electron chi connectivity index (χ4n) is 2.12. The molecule has 0 bridgehead atoms. The van der Waals surface area contributed by atoms with Crippen molar-refractivity contribution < 1.29 is 8.78 Å². The Morgan fingerprint density at radius 2 is 2.10 bits per heavy atom. The maximum Gasteiger partial charge on any atom is 0.224 e. The number of anilines is 1. The highest BCUT2D eigenvalue weighted by atomic mass is 19.2. The molecule has 1 saturated carbocycles. The Labute approximate surface area is 114 Å². The maximum atomic E-state index is 13.2. The summed E-state index contributed by atoms with van der Waals surface area (Å²) in [5.74, 6) is -1.20. The van der Waals surface area contributed by atoms with Crippen LogP contribution in [0.15, 0.2) is 30.5 Å². The van der Waals surface area contributed by atoms with Crippen LogP contribution in [0.4, 0.5) is 14.7 Å². The average Bonchev–Trinajstić information content (AvgIpc) is 3.21. The van der Waals surface area contributed by atoms with Crippen LogP contribution in [0.2, 0.25) is 0 Å². The molecule has 2 aromatic rings. The van der Waals surface area contributed by atoms with Gasteiger partial charge < -0.3 is 5.32 Å². The van der Waals surface area contributed by atoms with Gasteiger partial charge in [-0.3, -0.25) is 0 Å². The van der Waals surface area contributed by atoms with Gasteiger partial charge in [0.15, 0.2) is 11.6 Å². The van der Waals surface area contributed by atoms with Crippen LogP contribution in [0.25, 0.3) is 0 Å². The molecule has 1 fully saturated rings. The van der Waals surface area contributed by atoms with Crippen LogP contribution in [-0.4, -0.2) is 16.0 Å². The number of hydrogen-bond acceptors (Lipinski definition) is 4. The molecule has 1 aliphatic carbocycles. The third kappa shape index (κ3) is 2.43. The standard InChI is InChI=1S/C14H10F2N4/c15-11-2-1-8(5-12(11)16)10-6-13(10)20-14-18-4-3-9(7-17)19-14/h1-5,10,13H,6H2,(H,18,19,20)/t10-,13+/m1/s1. The molecule has 100 valence electrons. The van der Waals surface area contributed by atoms with Crippen LogP contribution in [-0.2, 0) is 0 Å². The van der Waals surface area contributed by atoms with E-state index in [1.807, 2.05) is 6.07 Å². The first-order valence-corrected chi connectivity index (χ1v) is 6.12. The molecule has 2 atom stereocenters. The van der Waals surface area contributed by atoms with Gasteiger partial charge in [-0.25, -0.2) is 18.7 Å². The topological polar surface area (TPSA) is 61.6 Å². The van der Waals surface area contributed by atoms with E-state index in [1.54, 1.807) is 6.07 Å². The number of halogens is 2. The molecular formula is C14H10F2N4. The van der Waals surface area contributed by atoms with Crippen molar-refractivity contribution in [2.45, 2.75) is 18.4 Å². The lowest BCUT2D eigenvalue weighted by atomic mass is 10.1. The quantitative estimate of drug-likeness (QED) is 0.932.